The molecule has 18 heavy (non-hydrogen) atoms. The molecule has 0 aliphatic carbocycles. The number of aryl methyl sites for hydroxylation is 1. The van der Waals surface area contributed by atoms with Gasteiger partial charge in [-0.1, -0.05) is 19.1 Å². The van der Waals surface area contributed by atoms with E-state index < -0.39 is 0 Å². The van der Waals surface area contributed by atoms with E-state index >= 15 is 0 Å². The molecule has 1 unspecified atom stereocenters. The Kier molecular flexibility index (Phi) is 4.33. The van der Waals surface area contributed by atoms with E-state index in [9.17, 15) is 5.11 Å². The third kappa shape index (κ3) is 3.31. The Morgan fingerprint density at radius 2 is 2.06 bits per heavy atom. The lowest BCUT2D eigenvalue weighted by Crippen LogP contribution is -2.17. The van der Waals surface area contributed by atoms with Gasteiger partial charge in [0.15, 0.2) is 0 Å². The van der Waals surface area contributed by atoms with Gasteiger partial charge in [-0.2, -0.15) is 0 Å². The van der Waals surface area contributed by atoms with Crippen molar-refractivity contribution in [2.45, 2.75) is 32.9 Å². The van der Waals surface area contributed by atoms with E-state index in [2.05, 4.69) is 24.1 Å². The van der Waals surface area contributed by atoms with E-state index in [1.807, 2.05) is 18.3 Å². The normalized spacial score (nSPS) is 12.6. The molecule has 1 atom stereocenters. The fourth-order valence-corrected chi connectivity index (χ4v) is 2.54. The van der Waals surface area contributed by atoms with Gasteiger partial charge in [-0.15, -0.1) is 11.3 Å². The van der Waals surface area contributed by atoms with Crippen LogP contribution in [0.5, 0.6) is 5.75 Å². The minimum Gasteiger partial charge on any atom is -0.508 e. The van der Waals surface area contributed by atoms with Gasteiger partial charge in [-0.05, 0) is 31.0 Å². The number of benzene rings is 1. The lowest BCUT2D eigenvalue weighted by Gasteiger charge is -2.11. The van der Waals surface area contributed by atoms with Crippen LogP contribution in [0.25, 0.3) is 0 Å². The van der Waals surface area contributed by atoms with E-state index in [0.717, 1.165) is 23.5 Å². The lowest BCUT2D eigenvalue weighted by molar-refractivity contribution is 0.474. The summed E-state index contributed by atoms with van der Waals surface area (Å²) in [5.74, 6) is 0.305. The third-order valence-electron chi connectivity index (χ3n) is 2.84. The fraction of sp³-hybridized carbons (Fsp3) is 0.357. The second-order valence-corrected chi connectivity index (χ2v) is 5.43. The summed E-state index contributed by atoms with van der Waals surface area (Å²) in [4.78, 5) is 5.75. The van der Waals surface area contributed by atoms with E-state index in [-0.39, 0.29) is 6.04 Å². The monoisotopic (exact) mass is 262 g/mol. The molecule has 0 amide bonds. The van der Waals surface area contributed by atoms with Crippen molar-refractivity contribution < 1.29 is 5.11 Å². The van der Waals surface area contributed by atoms with Gasteiger partial charge in [0.2, 0.25) is 0 Å². The SMILES string of the molecule is CCc1cnc(C(C)NCc2ccc(O)cc2)s1. The van der Waals surface area contributed by atoms with Crippen molar-refractivity contribution in [2.24, 2.45) is 0 Å². The highest BCUT2D eigenvalue weighted by Crippen LogP contribution is 2.20. The number of nitrogens with one attached hydrogen (secondary N) is 1. The van der Waals surface area contributed by atoms with Gasteiger partial charge < -0.3 is 10.4 Å². The second kappa shape index (κ2) is 5.98. The quantitative estimate of drug-likeness (QED) is 0.869. The zero-order valence-electron chi connectivity index (χ0n) is 10.7. The average Bonchev–Trinajstić information content (AvgIpc) is 2.86. The van der Waals surface area contributed by atoms with Gasteiger partial charge >= 0.3 is 0 Å². The smallest absolute Gasteiger partial charge is 0.115 e. The van der Waals surface area contributed by atoms with Crippen LogP contribution < -0.4 is 5.32 Å². The van der Waals surface area contributed by atoms with Crippen LogP contribution in [0.1, 0.15) is 35.3 Å². The summed E-state index contributed by atoms with van der Waals surface area (Å²) in [5, 5.41) is 13.8. The van der Waals surface area contributed by atoms with Crippen molar-refractivity contribution >= 4 is 11.3 Å². The number of thiazole rings is 1. The minimum absolute atomic E-state index is 0.254. The van der Waals surface area contributed by atoms with E-state index in [4.69, 9.17) is 0 Å². The number of phenolic OH excluding ortho intramolecular Hbond substituents is 1. The van der Waals surface area contributed by atoms with E-state index in [0.29, 0.717) is 5.75 Å². The third-order valence-corrected chi connectivity index (χ3v) is 4.16. The number of nitrogens with zero attached hydrogens (tertiary/aromatic N) is 1. The van der Waals surface area contributed by atoms with Crippen LogP contribution >= 0.6 is 11.3 Å². The Balaban J connectivity index is 1.91. The van der Waals surface area contributed by atoms with Crippen molar-refractivity contribution in [2.75, 3.05) is 0 Å². The Labute approximate surface area is 112 Å². The Morgan fingerprint density at radius 3 is 2.67 bits per heavy atom. The number of hydrogen-bond acceptors (Lipinski definition) is 4. The van der Waals surface area contributed by atoms with Crippen molar-refractivity contribution in [1.82, 2.24) is 10.3 Å². The second-order valence-electron chi connectivity index (χ2n) is 4.29. The molecule has 2 rings (SSSR count). The molecule has 1 aromatic carbocycles. The van der Waals surface area contributed by atoms with Crippen molar-refractivity contribution in [3.8, 4) is 5.75 Å². The molecule has 0 bridgehead atoms. The van der Waals surface area contributed by atoms with Gasteiger partial charge in [0.25, 0.3) is 0 Å². The van der Waals surface area contributed by atoms with Crippen LogP contribution in [0.15, 0.2) is 30.5 Å². The van der Waals surface area contributed by atoms with Gasteiger partial charge in [-0.25, -0.2) is 4.98 Å². The first-order valence-corrected chi connectivity index (χ1v) is 6.96. The molecule has 4 heteroatoms. The standard InChI is InChI=1S/C14H18N2OS/c1-3-13-9-16-14(18-13)10(2)15-8-11-4-6-12(17)7-5-11/h4-7,9-10,15,17H,3,8H2,1-2H3. The zero-order chi connectivity index (χ0) is 13.0. The molecule has 0 aliphatic rings. The zero-order valence-corrected chi connectivity index (χ0v) is 11.5. The number of hydrogen-bond donors (Lipinski definition) is 2. The minimum atomic E-state index is 0.254. The summed E-state index contributed by atoms with van der Waals surface area (Å²) >= 11 is 1.76. The number of aromatic nitrogens is 1. The summed E-state index contributed by atoms with van der Waals surface area (Å²) in [5.41, 5.74) is 1.16. The predicted octanol–water partition coefficient (Wildman–Crippen LogP) is 3.26. The molecule has 96 valence electrons. The van der Waals surface area contributed by atoms with E-state index in [1.165, 1.54) is 4.88 Å². The van der Waals surface area contributed by atoms with Crippen molar-refractivity contribution in [1.29, 1.82) is 0 Å². The van der Waals surface area contributed by atoms with Gasteiger partial charge in [0, 0.05) is 17.6 Å². The Hall–Kier alpha value is -1.39. The highest BCUT2D eigenvalue weighted by atomic mass is 32.1. The maximum atomic E-state index is 9.21. The van der Waals surface area contributed by atoms with Gasteiger partial charge in [-0.3, -0.25) is 0 Å². The van der Waals surface area contributed by atoms with Crippen LogP contribution in [0.2, 0.25) is 0 Å². The number of phenols is 1. The molecule has 0 saturated carbocycles. The highest BCUT2D eigenvalue weighted by Gasteiger charge is 2.09. The molecule has 0 spiro atoms. The molecule has 0 saturated heterocycles. The number of rotatable bonds is 5. The van der Waals surface area contributed by atoms with Crippen molar-refractivity contribution in [3.63, 3.8) is 0 Å². The molecular formula is C14H18N2OS. The molecule has 3 nitrogen and oxygen atoms in total. The molecule has 0 aliphatic heterocycles. The first-order valence-electron chi connectivity index (χ1n) is 6.15. The largest absolute Gasteiger partial charge is 0.508 e. The number of aromatic hydroxyl groups is 1. The molecule has 1 aromatic heterocycles. The summed E-state index contributed by atoms with van der Waals surface area (Å²) in [6.45, 7) is 5.05. The molecule has 2 N–H and O–H groups in total. The first kappa shape index (κ1) is 13.1. The van der Waals surface area contributed by atoms with Crippen LogP contribution in [0.4, 0.5) is 0 Å². The Morgan fingerprint density at radius 1 is 1.33 bits per heavy atom. The topological polar surface area (TPSA) is 45.2 Å². The highest BCUT2D eigenvalue weighted by molar-refractivity contribution is 7.11. The summed E-state index contributed by atoms with van der Waals surface area (Å²) < 4.78 is 0. The average molecular weight is 262 g/mol. The van der Waals surface area contributed by atoms with Crippen LogP contribution in [0, 0.1) is 0 Å². The van der Waals surface area contributed by atoms with Crippen LogP contribution in [-0.2, 0) is 13.0 Å². The predicted molar refractivity (Wildman–Crippen MR) is 74.9 cm³/mol. The summed E-state index contributed by atoms with van der Waals surface area (Å²) in [7, 11) is 0. The van der Waals surface area contributed by atoms with Gasteiger partial charge in [0.1, 0.15) is 10.8 Å². The van der Waals surface area contributed by atoms with E-state index in [1.54, 1.807) is 23.5 Å². The molecule has 0 fully saturated rings. The maximum absolute atomic E-state index is 9.21. The van der Waals surface area contributed by atoms with Crippen molar-refractivity contribution in [3.05, 3.63) is 45.9 Å². The first-order chi connectivity index (χ1) is 8.69. The molecular weight excluding hydrogens is 244 g/mol. The summed E-state index contributed by atoms with van der Waals surface area (Å²) in [6, 6.07) is 7.52. The van der Waals surface area contributed by atoms with Crippen LogP contribution in [-0.4, -0.2) is 10.1 Å². The lowest BCUT2D eigenvalue weighted by atomic mass is 10.2. The fourth-order valence-electron chi connectivity index (χ4n) is 1.66. The summed E-state index contributed by atoms with van der Waals surface area (Å²) in [6.07, 6.45) is 3.00. The van der Waals surface area contributed by atoms with Gasteiger partial charge in [0.05, 0.1) is 6.04 Å². The Bertz CT molecular complexity index is 493. The van der Waals surface area contributed by atoms with Crippen LogP contribution in [0.3, 0.4) is 0 Å². The molecule has 0 radical (unpaired) electrons. The molecule has 1 heterocycles. The molecule has 2 aromatic rings. The maximum Gasteiger partial charge on any atom is 0.115 e.